The molecule has 28 heavy (non-hydrogen) atoms. The van der Waals surface area contributed by atoms with Gasteiger partial charge in [0.05, 0.1) is 11.0 Å². The van der Waals surface area contributed by atoms with Crippen molar-refractivity contribution in [2.24, 2.45) is 0 Å². The SMILES string of the molecule is Cc1ccc2oc3ccc(-n4c5ccccc5c5cc(C)ccc54)cc3c2c1. The number of hydrogen-bond acceptors (Lipinski definition) is 1. The number of hydrogen-bond donors (Lipinski definition) is 0. The Hall–Kier alpha value is -3.52. The number of aromatic nitrogens is 1. The van der Waals surface area contributed by atoms with Gasteiger partial charge in [0.2, 0.25) is 0 Å². The Morgan fingerprint density at radius 2 is 1.21 bits per heavy atom. The first kappa shape index (κ1) is 15.5. The summed E-state index contributed by atoms with van der Waals surface area (Å²) in [5.41, 5.74) is 8.01. The number of nitrogens with zero attached hydrogens (tertiary/aromatic N) is 1. The summed E-state index contributed by atoms with van der Waals surface area (Å²) in [6.45, 7) is 4.27. The Kier molecular flexibility index (Phi) is 3.05. The zero-order chi connectivity index (χ0) is 18.8. The van der Waals surface area contributed by atoms with Crippen molar-refractivity contribution in [2.45, 2.75) is 13.8 Å². The molecule has 2 aromatic heterocycles. The lowest BCUT2D eigenvalue weighted by Gasteiger charge is -2.08. The number of furan rings is 1. The predicted octanol–water partition coefficient (Wildman–Crippen LogP) is 7.30. The molecule has 0 saturated heterocycles. The smallest absolute Gasteiger partial charge is 0.135 e. The lowest BCUT2D eigenvalue weighted by atomic mass is 10.1. The van der Waals surface area contributed by atoms with Crippen molar-refractivity contribution in [1.82, 2.24) is 4.57 Å². The van der Waals surface area contributed by atoms with Crippen LogP contribution in [0, 0.1) is 13.8 Å². The maximum absolute atomic E-state index is 6.06. The summed E-state index contributed by atoms with van der Waals surface area (Å²) in [6.07, 6.45) is 0. The van der Waals surface area contributed by atoms with Gasteiger partial charge in [-0.05, 0) is 62.4 Å². The second kappa shape index (κ2) is 5.49. The molecule has 0 amide bonds. The molecule has 4 aromatic carbocycles. The van der Waals surface area contributed by atoms with E-state index < -0.39 is 0 Å². The minimum absolute atomic E-state index is 0.931. The third-order valence-corrected chi connectivity index (χ3v) is 5.69. The van der Waals surface area contributed by atoms with Crippen LogP contribution in [0.25, 0.3) is 49.4 Å². The van der Waals surface area contributed by atoms with Crippen LogP contribution in [0.2, 0.25) is 0 Å². The lowest BCUT2D eigenvalue weighted by molar-refractivity contribution is 0.669. The van der Waals surface area contributed by atoms with Gasteiger partial charge in [-0.1, -0.05) is 41.5 Å². The third-order valence-electron chi connectivity index (χ3n) is 5.69. The van der Waals surface area contributed by atoms with Crippen molar-refractivity contribution < 1.29 is 4.42 Å². The molecule has 6 rings (SSSR count). The van der Waals surface area contributed by atoms with E-state index in [1.165, 1.54) is 38.3 Å². The van der Waals surface area contributed by atoms with Crippen LogP contribution in [0.1, 0.15) is 11.1 Å². The molecule has 0 N–H and O–H groups in total. The molecule has 134 valence electrons. The first-order chi connectivity index (χ1) is 13.7. The first-order valence-corrected chi connectivity index (χ1v) is 9.62. The largest absolute Gasteiger partial charge is 0.456 e. The number of aryl methyl sites for hydroxylation is 2. The number of benzene rings is 4. The summed E-state index contributed by atoms with van der Waals surface area (Å²) in [4.78, 5) is 0. The lowest BCUT2D eigenvalue weighted by Crippen LogP contribution is -1.93. The minimum atomic E-state index is 0.931. The molecule has 0 radical (unpaired) electrons. The van der Waals surface area contributed by atoms with Crippen LogP contribution in [0.5, 0.6) is 0 Å². The van der Waals surface area contributed by atoms with Crippen molar-refractivity contribution in [1.29, 1.82) is 0 Å². The van der Waals surface area contributed by atoms with Crippen molar-refractivity contribution in [3.05, 3.63) is 90.0 Å². The zero-order valence-corrected chi connectivity index (χ0v) is 15.9. The Bertz CT molecular complexity index is 1530. The van der Waals surface area contributed by atoms with Crippen LogP contribution in [0.3, 0.4) is 0 Å². The standard InChI is InChI=1S/C26H19NO/c1-16-7-10-24-20(13-16)19-5-3-4-6-23(19)27(24)18-9-12-26-22(15-18)21-14-17(2)8-11-25(21)28-26/h3-15H,1-2H3. The van der Waals surface area contributed by atoms with Crippen LogP contribution in [-0.4, -0.2) is 4.57 Å². The first-order valence-electron chi connectivity index (χ1n) is 9.62. The van der Waals surface area contributed by atoms with Gasteiger partial charge in [-0.15, -0.1) is 0 Å². The highest BCUT2D eigenvalue weighted by molar-refractivity contribution is 6.10. The van der Waals surface area contributed by atoms with E-state index in [9.17, 15) is 0 Å². The van der Waals surface area contributed by atoms with Gasteiger partial charge in [0.1, 0.15) is 11.2 Å². The molecule has 0 bridgehead atoms. The van der Waals surface area contributed by atoms with E-state index in [1.807, 2.05) is 0 Å². The molecular formula is C26H19NO. The normalized spacial score (nSPS) is 11.9. The fourth-order valence-electron chi connectivity index (χ4n) is 4.38. The molecule has 0 spiro atoms. The quantitative estimate of drug-likeness (QED) is 0.300. The van der Waals surface area contributed by atoms with Crippen LogP contribution in [0.4, 0.5) is 0 Å². The average molecular weight is 361 g/mol. The fourth-order valence-corrected chi connectivity index (χ4v) is 4.38. The van der Waals surface area contributed by atoms with Crippen molar-refractivity contribution in [3.8, 4) is 5.69 Å². The van der Waals surface area contributed by atoms with Crippen LogP contribution < -0.4 is 0 Å². The van der Waals surface area contributed by atoms with E-state index in [-0.39, 0.29) is 0 Å². The van der Waals surface area contributed by atoms with Gasteiger partial charge in [0, 0.05) is 27.2 Å². The second-order valence-corrected chi connectivity index (χ2v) is 7.66. The third kappa shape index (κ3) is 2.09. The molecule has 0 aliphatic rings. The molecule has 6 aromatic rings. The van der Waals surface area contributed by atoms with Gasteiger partial charge in [0.25, 0.3) is 0 Å². The molecular weight excluding hydrogens is 342 g/mol. The van der Waals surface area contributed by atoms with Gasteiger partial charge in [-0.25, -0.2) is 0 Å². The summed E-state index contributed by atoms with van der Waals surface area (Å²) in [6, 6.07) is 28.2. The summed E-state index contributed by atoms with van der Waals surface area (Å²) in [7, 11) is 0. The van der Waals surface area contributed by atoms with E-state index in [4.69, 9.17) is 4.42 Å². The van der Waals surface area contributed by atoms with Crippen LogP contribution in [-0.2, 0) is 0 Å². The van der Waals surface area contributed by atoms with Crippen molar-refractivity contribution >= 4 is 43.7 Å². The molecule has 0 aliphatic heterocycles. The Morgan fingerprint density at radius 1 is 0.571 bits per heavy atom. The van der Waals surface area contributed by atoms with E-state index in [0.29, 0.717) is 0 Å². The maximum Gasteiger partial charge on any atom is 0.135 e. The van der Waals surface area contributed by atoms with E-state index in [1.54, 1.807) is 0 Å². The summed E-state index contributed by atoms with van der Waals surface area (Å²) in [5.74, 6) is 0. The van der Waals surface area contributed by atoms with Crippen molar-refractivity contribution in [2.75, 3.05) is 0 Å². The highest BCUT2D eigenvalue weighted by atomic mass is 16.3. The van der Waals surface area contributed by atoms with Gasteiger partial charge >= 0.3 is 0 Å². The average Bonchev–Trinajstić information content (AvgIpc) is 3.22. The molecule has 0 unspecified atom stereocenters. The van der Waals surface area contributed by atoms with E-state index in [2.05, 4.69) is 97.3 Å². The molecule has 2 nitrogen and oxygen atoms in total. The van der Waals surface area contributed by atoms with Gasteiger partial charge in [-0.2, -0.15) is 0 Å². The fraction of sp³-hybridized carbons (Fsp3) is 0.0769. The zero-order valence-electron chi connectivity index (χ0n) is 15.9. The monoisotopic (exact) mass is 361 g/mol. The van der Waals surface area contributed by atoms with E-state index in [0.717, 1.165) is 22.2 Å². The maximum atomic E-state index is 6.06. The molecule has 0 aliphatic carbocycles. The Morgan fingerprint density at radius 3 is 2.07 bits per heavy atom. The summed E-state index contributed by atoms with van der Waals surface area (Å²) >= 11 is 0. The van der Waals surface area contributed by atoms with Gasteiger partial charge in [0.15, 0.2) is 0 Å². The van der Waals surface area contributed by atoms with Crippen molar-refractivity contribution in [3.63, 3.8) is 0 Å². The Labute approximate surface area is 162 Å². The summed E-state index contributed by atoms with van der Waals surface area (Å²) < 4.78 is 8.42. The highest BCUT2D eigenvalue weighted by Gasteiger charge is 2.14. The number of rotatable bonds is 1. The number of para-hydroxylation sites is 1. The molecule has 0 fully saturated rings. The Balaban J connectivity index is 1.74. The summed E-state index contributed by atoms with van der Waals surface area (Å²) in [5, 5.41) is 4.92. The van der Waals surface area contributed by atoms with E-state index >= 15 is 0 Å². The highest BCUT2D eigenvalue weighted by Crippen LogP contribution is 2.35. The van der Waals surface area contributed by atoms with Crippen LogP contribution >= 0.6 is 0 Å². The molecule has 2 heterocycles. The molecule has 0 atom stereocenters. The topological polar surface area (TPSA) is 18.1 Å². The number of fused-ring (bicyclic) bond motifs is 6. The van der Waals surface area contributed by atoms with Gasteiger partial charge < -0.3 is 8.98 Å². The predicted molar refractivity (Wildman–Crippen MR) is 118 cm³/mol. The second-order valence-electron chi connectivity index (χ2n) is 7.66. The van der Waals surface area contributed by atoms with Gasteiger partial charge in [-0.3, -0.25) is 0 Å². The molecule has 0 saturated carbocycles. The minimum Gasteiger partial charge on any atom is -0.456 e. The molecule has 2 heteroatoms. The van der Waals surface area contributed by atoms with Crippen LogP contribution in [0.15, 0.2) is 83.3 Å².